The van der Waals surface area contributed by atoms with Crippen LogP contribution in [0.25, 0.3) is 0 Å². The molecule has 0 saturated heterocycles. The maximum atomic E-state index is 3.77. The predicted molar refractivity (Wildman–Crippen MR) is 103 cm³/mol. The van der Waals surface area contributed by atoms with E-state index in [0.717, 1.165) is 18.7 Å². The smallest absolute Gasteiger partial charge is 0.0394 e. The van der Waals surface area contributed by atoms with Gasteiger partial charge in [0, 0.05) is 12.2 Å². The minimum Gasteiger partial charge on any atom is -0.385 e. The molecule has 1 heteroatoms. The van der Waals surface area contributed by atoms with Crippen LogP contribution in [0, 0.1) is 13.8 Å². The van der Waals surface area contributed by atoms with Crippen molar-refractivity contribution in [2.45, 2.75) is 54.4 Å². The van der Waals surface area contributed by atoms with Crippen LogP contribution in [0.3, 0.4) is 0 Å². The van der Waals surface area contributed by atoms with Crippen LogP contribution in [0.4, 0.5) is 0 Å². The molecule has 22 heavy (non-hydrogen) atoms. The number of hydrogen-bond acceptors (Lipinski definition) is 1. The van der Waals surface area contributed by atoms with E-state index in [4.69, 9.17) is 0 Å². The quantitative estimate of drug-likeness (QED) is 0.603. The second-order valence-electron chi connectivity index (χ2n) is 5.06. The first-order valence-electron chi connectivity index (χ1n) is 8.23. The van der Waals surface area contributed by atoms with Gasteiger partial charge in [-0.05, 0) is 32.8 Å². The van der Waals surface area contributed by atoms with Crippen molar-refractivity contribution in [3.8, 4) is 0 Å². The Labute approximate surface area is 138 Å². The molecule has 0 aromatic heterocycles. The third kappa shape index (κ3) is 14.6. The molecule has 0 aliphatic rings. The van der Waals surface area contributed by atoms with Crippen molar-refractivity contribution in [1.82, 2.24) is 5.32 Å². The fourth-order valence-corrected chi connectivity index (χ4v) is 1.45. The van der Waals surface area contributed by atoms with Crippen molar-refractivity contribution >= 4 is 0 Å². The molecule has 0 amide bonds. The summed E-state index contributed by atoms with van der Waals surface area (Å²) in [5.41, 5.74) is 4.91. The average Bonchev–Trinajstić information content (AvgIpc) is 2.53. The van der Waals surface area contributed by atoms with Crippen LogP contribution in [-0.2, 0) is 0 Å². The van der Waals surface area contributed by atoms with Gasteiger partial charge in [-0.3, -0.25) is 0 Å². The highest BCUT2D eigenvalue weighted by atomic mass is 14.9. The summed E-state index contributed by atoms with van der Waals surface area (Å²) >= 11 is 0. The van der Waals surface area contributed by atoms with Crippen molar-refractivity contribution in [2.24, 2.45) is 0 Å². The lowest BCUT2D eigenvalue weighted by molar-refractivity contribution is 0.872. The van der Waals surface area contributed by atoms with Crippen LogP contribution in [0.5, 0.6) is 0 Å². The maximum absolute atomic E-state index is 3.77. The molecule has 0 fully saturated rings. The monoisotopic (exact) mass is 301 g/mol. The van der Waals surface area contributed by atoms with E-state index in [1.165, 1.54) is 23.1 Å². The normalized spacial score (nSPS) is 9.64. The van der Waals surface area contributed by atoms with Crippen molar-refractivity contribution in [3.63, 3.8) is 0 Å². The molecular weight excluding hydrogens is 266 g/mol. The molecule has 0 bridgehead atoms. The molecule has 0 spiro atoms. The molecule has 124 valence electrons. The molecule has 0 heterocycles. The lowest BCUT2D eigenvalue weighted by Gasteiger charge is -2.05. The second kappa shape index (κ2) is 15.6. The van der Waals surface area contributed by atoms with Gasteiger partial charge in [0.15, 0.2) is 0 Å². The van der Waals surface area contributed by atoms with E-state index in [9.17, 15) is 0 Å². The fraction of sp³-hybridized carbons (Fsp3) is 0.429. The van der Waals surface area contributed by atoms with Gasteiger partial charge in [-0.25, -0.2) is 0 Å². The zero-order valence-electron chi connectivity index (χ0n) is 15.5. The molecule has 0 radical (unpaired) electrons. The molecular formula is C21H35N. The van der Waals surface area contributed by atoms with Gasteiger partial charge < -0.3 is 5.32 Å². The molecule has 1 aromatic carbocycles. The molecule has 1 N–H and O–H groups in total. The van der Waals surface area contributed by atoms with Crippen molar-refractivity contribution in [2.75, 3.05) is 6.54 Å². The second-order valence-corrected chi connectivity index (χ2v) is 5.06. The summed E-state index contributed by atoms with van der Waals surface area (Å²) in [6.07, 6.45) is 6.41. The summed E-state index contributed by atoms with van der Waals surface area (Å²) < 4.78 is 0. The van der Waals surface area contributed by atoms with Crippen LogP contribution in [-0.4, -0.2) is 6.54 Å². The van der Waals surface area contributed by atoms with E-state index in [1.807, 2.05) is 26.8 Å². The highest BCUT2D eigenvalue weighted by molar-refractivity contribution is 5.19. The minimum atomic E-state index is 0.846. The van der Waals surface area contributed by atoms with Gasteiger partial charge in [-0.15, -0.1) is 0 Å². The minimum absolute atomic E-state index is 0.846. The molecule has 0 aliphatic heterocycles. The van der Waals surface area contributed by atoms with Crippen molar-refractivity contribution in [3.05, 3.63) is 72.0 Å². The van der Waals surface area contributed by atoms with E-state index in [2.05, 4.69) is 69.6 Å². The Hall–Kier alpha value is -1.76. The number of hydrogen-bond donors (Lipinski definition) is 1. The number of nitrogens with one attached hydrogen (secondary N) is 1. The van der Waals surface area contributed by atoms with Gasteiger partial charge in [-0.2, -0.15) is 0 Å². The van der Waals surface area contributed by atoms with Crippen LogP contribution < -0.4 is 5.32 Å². The third-order valence-electron chi connectivity index (χ3n) is 2.77. The molecule has 0 saturated carbocycles. The zero-order valence-corrected chi connectivity index (χ0v) is 15.5. The maximum Gasteiger partial charge on any atom is 0.0394 e. The first-order chi connectivity index (χ1) is 10.5. The van der Waals surface area contributed by atoms with Gasteiger partial charge >= 0.3 is 0 Å². The van der Waals surface area contributed by atoms with Crippen LogP contribution in [0.2, 0.25) is 0 Å². The van der Waals surface area contributed by atoms with Crippen LogP contribution in [0.15, 0.2) is 60.8 Å². The van der Waals surface area contributed by atoms with Crippen molar-refractivity contribution < 1.29 is 0 Å². The predicted octanol–water partition coefficient (Wildman–Crippen LogP) is 6.35. The number of aryl methyl sites for hydroxylation is 2. The summed E-state index contributed by atoms with van der Waals surface area (Å²) in [5, 5.41) is 3.17. The summed E-state index contributed by atoms with van der Waals surface area (Å²) in [4.78, 5) is 0. The van der Waals surface area contributed by atoms with E-state index in [1.54, 1.807) is 0 Å². The van der Waals surface area contributed by atoms with E-state index in [-0.39, 0.29) is 0 Å². The lowest BCUT2D eigenvalue weighted by atomic mass is 10.2. The fourth-order valence-electron chi connectivity index (χ4n) is 1.45. The summed E-state index contributed by atoms with van der Waals surface area (Å²) in [6.45, 7) is 20.7. The van der Waals surface area contributed by atoms with Gasteiger partial charge in [0.25, 0.3) is 0 Å². The highest BCUT2D eigenvalue weighted by Gasteiger charge is 1.89. The summed E-state index contributed by atoms with van der Waals surface area (Å²) in [7, 11) is 0. The third-order valence-corrected chi connectivity index (χ3v) is 2.77. The SMILES string of the molecule is C=C/C(=C\CCC)CNC(=C)C.CC.Cc1ccc(C)cc1. The summed E-state index contributed by atoms with van der Waals surface area (Å²) in [6, 6.07) is 8.48. The Kier molecular flexibility index (Phi) is 16.0. The number of allylic oxidation sites excluding steroid dienone is 2. The van der Waals surface area contributed by atoms with Crippen molar-refractivity contribution in [1.29, 1.82) is 0 Å². The topological polar surface area (TPSA) is 12.0 Å². The Morgan fingerprint density at radius 2 is 1.55 bits per heavy atom. The molecule has 1 aromatic rings. The first kappa shape index (κ1) is 22.5. The number of benzene rings is 1. The molecule has 0 aliphatic carbocycles. The molecule has 0 unspecified atom stereocenters. The molecule has 1 nitrogen and oxygen atoms in total. The standard InChI is InChI=1S/C11H19N.C8H10.C2H6/c1-5-7-8-11(6-2)9-12-10(3)4;1-7-3-5-8(2)6-4-7;1-2/h6,8,12H,2-3,5,7,9H2,1,4H3;3-6H,1-2H3;1-2H3/b11-8+;;. The Balaban J connectivity index is 0. The largest absolute Gasteiger partial charge is 0.385 e. The zero-order chi connectivity index (χ0) is 17.4. The van der Waals surface area contributed by atoms with Gasteiger partial charge in [0.1, 0.15) is 0 Å². The summed E-state index contributed by atoms with van der Waals surface area (Å²) in [5.74, 6) is 0. The van der Waals surface area contributed by atoms with Gasteiger partial charge in [-0.1, -0.05) is 87.9 Å². The van der Waals surface area contributed by atoms with Crippen LogP contribution >= 0.6 is 0 Å². The average molecular weight is 302 g/mol. The van der Waals surface area contributed by atoms with E-state index in [0.29, 0.717) is 0 Å². The number of rotatable bonds is 6. The van der Waals surface area contributed by atoms with Gasteiger partial charge in [0.05, 0.1) is 0 Å². The van der Waals surface area contributed by atoms with Gasteiger partial charge in [0.2, 0.25) is 0 Å². The Morgan fingerprint density at radius 1 is 1.09 bits per heavy atom. The molecule has 1 rings (SSSR count). The van der Waals surface area contributed by atoms with E-state index >= 15 is 0 Å². The number of unbranched alkanes of at least 4 members (excludes halogenated alkanes) is 1. The lowest BCUT2D eigenvalue weighted by Crippen LogP contribution is -2.12. The van der Waals surface area contributed by atoms with Crippen LogP contribution in [0.1, 0.15) is 51.7 Å². The highest BCUT2D eigenvalue weighted by Crippen LogP contribution is 2.00. The first-order valence-corrected chi connectivity index (χ1v) is 8.23. The Morgan fingerprint density at radius 3 is 1.86 bits per heavy atom. The molecule has 0 atom stereocenters. The van der Waals surface area contributed by atoms with E-state index < -0.39 is 0 Å². The Bertz CT molecular complexity index is 403.